The van der Waals surface area contributed by atoms with Crippen molar-refractivity contribution in [3.8, 4) is 0 Å². The Bertz CT molecular complexity index is 401. The van der Waals surface area contributed by atoms with Crippen molar-refractivity contribution in [3.63, 3.8) is 0 Å². The summed E-state index contributed by atoms with van der Waals surface area (Å²) < 4.78 is 0. The smallest absolute Gasteiger partial charge is 0.251 e. The summed E-state index contributed by atoms with van der Waals surface area (Å²) in [6.07, 6.45) is 0.585. The average molecular weight is 235 g/mol. The highest BCUT2D eigenvalue weighted by molar-refractivity contribution is 5.96. The van der Waals surface area contributed by atoms with Gasteiger partial charge in [-0.05, 0) is 30.7 Å². The molecule has 17 heavy (non-hydrogen) atoms. The second kappa shape index (κ2) is 6.00. The van der Waals surface area contributed by atoms with Gasteiger partial charge in [-0.2, -0.15) is 0 Å². The Balaban J connectivity index is 2.69. The second-order valence-corrected chi connectivity index (χ2v) is 3.66. The van der Waals surface area contributed by atoms with Gasteiger partial charge in [0.05, 0.1) is 6.04 Å². The number of amides is 2. The average Bonchev–Trinajstić information content (AvgIpc) is 2.37. The van der Waals surface area contributed by atoms with E-state index in [0.717, 1.165) is 0 Å². The Kier molecular flexibility index (Phi) is 4.66. The molecule has 0 aliphatic carbocycles. The summed E-state index contributed by atoms with van der Waals surface area (Å²) in [5, 5.41) is 5.20. The topological polar surface area (TPSA) is 84.2 Å². The van der Waals surface area contributed by atoms with Gasteiger partial charge < -0.3 is 16.4 Å². The lowest BCUT2D eigenvalue weighted by Crippen LogP contribution is -2.34. The maximum Gasteiger partial charge on any atom is 0.251 e. The molecular formula is C12H17N3O2. The van der Waals surface area contributed by atoms with Crippen molar-refractivity contribution in [2.24, 2.45) is 5.73 Å². The van der Waals surface area contributed by atoms with Gasteiger partial charge in [0.2, 0.25) is 5.91 Å². The highest BCUT2D eigenvalue weighted by Crippen LogP contribution is 2.10. The third-order valence-electron chi connectivity index (χ3n) is 2.42. The van der Waals surface area contributed by atoms with Gasteiger partial charge in [-0.3, -0.25) is 9.59 Å². The van der Waals surface area contributed by atoms with E-state index in [1.807, 2.05) is 6.92 Å². The number of nitrogens with one attached hydrogen (secondary N) is 2. The zero-order chi connectivity index (χ0) is 12.8. The van der Waals surface area contributed by atoms with Gasteiger partial charge in [0.1, 0.15) is 0 Å². The van der Waals surface area contributed by atoms with E-state index in [9.17, 15) is 9.59 Å². The molecule has 0 saturated heterocycles. The minimum atomic E-state index is -0.506. The molecule has 0 fully saturated rings. The summed E-state index contributed by atoms with van der Waals surface area (Å²) in [4.78, 5) is 22.8. The van der Waals surface area contributed by atoms with Gasteiger partial charge in [-0.15, -0.1) is 0 Å². The third kappa shape index (κ3) is 3.57. The van der Waals surface area contributed by atoms with Gasteiger partial charge in [-0.1, -0.05) is 6.92 Å². The highest BCUT2D eigenvalue weighted by Gasteiger charge is 2.11. The van der Waals surface area contributed by atoms with Crippen molar-refractivity contribution in [1.82, 2.24) is 5.32 Å². The van der Waals surface area contributed by atoms with E-state index in [1.54, 1.807) is 31.3 Å². The van der Waals surface area contributed by atoms with Gasteiger partial charge in [0, 0.05) is 18.3 Å². The maximum atomic E-state index is 11.5. The van der Waals surface area contributed by atoms with E-state index in [1.165, 1.54) is 0 Å². The quantitative estimate of drug-likeness (QED) is 0.719. The zero-order valence-corrected chi connectivity index (χ0v) is 9.99. The Morgan fingerprint density at radius 2 is 1.88 bits per heavy atom. The van der Waals surface area contributed by atoms with Crippen LogP contribution in [0.25, 0.3) is 0 Å². The second-order valence-electron chi connectivity index (χ2n) is 3.66. The molecule has 0 heterocycles. The van der Waals surface area contributed by atoms with Crippen LogP contribution in [-0.2, 0) is 4.79 Å². The molecule has 1 aromatic carbocycles. The van der Waals surface area contributed by atoms with E-state index in [2.05, 4.69) is 10.6 Å². The fraction of sp³-hybridized carbons (Fsp3) is 0.333. The standard InChI is InChI=1S/C12H17N3O2/c1-3-10(13)12(17)15-9-6-4-8(5-7-9)11(16)14-2/h4-7,10H,3,13H2,1-2H3,(H,14,16)(H,15,17). The summed E-state index contributed by atoms with van der Waals surface area (Å²) in [5.41, 5.74) is 6.77. The minimum Gasteiger partial charge on any atom is -0.355 e. The van der Waals surface area contributed by atoms with Gasteiger partial charge in [-0.25, -0.2) is 0 Å². The fourth-order valence-corrected chi connectivity index (χ4v) is 1.27. The number of carbonyl (C=O) groups is 2. The summed E-state index contributed by atoms with van der Waals surface area (Å²) in [7, 11) is 1.57. The van der Waals surface area contributed by atoms with Crippen LogP contribution in [0.15, 0.2) is 24.3 Å². The first-order valence-electron chi connectivity index (χ1n) is 5.47. The van der Waals surface area contributed by atoms with Crippen LogP contribution in [0.2, 0.25) is 0 Å². The number of anilines is 1. The molecule has 5 nitrogen and oxygen atoms in total. The van der Waals surface area contributed by atoms with Crippen molar-refractivity contribution >= 4 is 17.5 Å². The van der Waals surface area contributed by atoms with E-state index < -0.39 is 6.04 Å². The largest absolute Gasteiger partial charge is 0.355 e. The van der Waals surface area contributed by atoms with Crippen LogP contribution in [0.1, 0.15) is 23.7 Å². The van der Waals surface area contributed by atoms with Crippen LogP contribution in [0.5, 0.6) is 0 Å². The molecule has 0 aromatic heterocycles. The maximum absolute atomic E-state index is 11.5. The zero-order valence-electron chi connectivity index (χ0n) is 9.99. The van der Waals surface area contributed by atoms with E-state index in [0.29, 0.717) is 17.7 Å². The molecule has 0 bridgehead atoms. The lowest BCUT2D eigenvalue weighted by atomic mass is 10.2. The molecule has 0 aliphatic rings. The minimum absolute atomic E-state index is 0.159. The Morgan fingerprint density at radius 3 is 2.35 bits per heavy atom. The number of hydrogen-bond donors (Lipinski definition) is 3. The molecule has 1 aromatic rings. The SMILES string of the molecule is CCC(N)C(=O)Nc1ccc(C(=O)NC)cc1. The van der Waals surface area contributed by atoms with Crippen molar-refractivity contribution in [2.75, 3.05) is 12.4 Å². The number of benzene rings is 1. The summed E-state index contributed by atoms with van der Waals surface area (Å²) in [6.45, 7) is 1.85. The monoisotopic (exact) mass is 235 g/mol. The lowest BCUT2D eigenvalue weighted by molar-refractivity contribution is -0.117. The Hall–Kier alpha value is -1.88. The van der Waals surface area contributed by atoms with Crippen LogP contribution in [-0.4, -0.2) is 24.9 Å². The first-order chi connectivity index (χ1) is 8.08. The molecule has 0 spiro atoms. The molecular weight excluding hydrogens is 218 g/mol. The molecule has 0 saturated carbocycles. The van der Waals surface area contributed by atoms with Crippen molar-refractivity contribution in [1.29, 1.82) is 0 Å². The molecule has 0 aliphatic heterocycles. The van der Waals surface area contributed by atoms with Crippen LogP contribution in [0.3, 0.4) is 0 Å². The number of rotatable bonds is 4. The molecule has 92 valence electrons. The van der Waals surface area contributed by atoms with Crippen molar-refractivity contribution in [2.45, 2.75) is 19.4 Å². The Morgan fingerprint density at radius 1 is 1.29 bits per heavy atom. The number of carbonyl (C=O) groups excluding carboxylic acids is 2. The number of hydrogen-bond acceptors (Lipinski definition) is 3. The highest BCUT2D eigenvalue weighted by atomic mass is 16.2. The molecule has 1 rings (SSSR count). The summed E-state index contributed by atoms with van der Waals surface area (Å²) in [5.74, 6) is -0.381. The van der Waals surface area contributed by atoms with Crippen molar-refractivity contribution < 1.29 is 9.59 Å². The lowest BCUT2D eigenvalue weighted by Gasteiger charge is -2.10. The van der Waals surface area contributed by atoms with Crippen molar-refractivity contribution in [3.05, 3.63) is 29.8 Å². The molecule has 5 heteroatoms. The van der Waals surface area contributed by atoms with Crippen LogP contribution in [0.4, 0.5) is 5.69 Å². The Labute approximate surface area is 100 Å². The summed E-state index contributed by atoms with van der Waals surface area (Å²) >= 11 is 0. The first-order valence-corrected chi connectivity index (χ1v) is 5.47. The summed E-state index contributed by atoms with van der Waals surface area (Å²) in [6, 6.07) is 6.13. The third-order valence-corrected chi connectivity index (χ3v) is 2.42. The van der Waals surface area contributed by atoms with E-state index >= 15 is 0 Å². The predicted octanol–water partition coefficient (Wildman–Crippen LogP) is 0.722. The van der Waals surface area contributed by atoms with E-state index in [4.69, 9.17) is 5.73 Å². The molecule has 2 amide bonds. The van der Waals surface area contributed by atoms with Crippen LogP contribution in [0, 0.1) is 0 Å². The van der Waals surface area contributed by atoms with Gasteiger partial charge in [0.15, 0.2) is 0 Å². The number of nitrogens with two attached hydrogens (primary N) is 1. The predicted molar refractivity (Wildman–Crippen MR) is 66.7 cm³/mol. The van der Waals surface area contributed by atoms with Crippen LogP contribution >= 0.6 is 0 Å². The van der Waals surface area contributed by atoms with Crippen LogP contribution < -0.4 is 16.4 Å². The molecule has 4 N–H and O–H groups in total. The first kappa shape index (κ1) is 13.2. The van der Waals surface area contributed by atoms with Gasteiger partial charge in [0.25, 0.3) is 5.91 Å². The fourth-order valence-electron chi connectivity index (χ4n) is 1.27. The van der Waals surface area contributed by atoms with Gasteiger partial charge >= 0.3 is 0 Å². The molecule has 1 unspecified atom stereocenters. The van der Waals surface area contributed by atoms with E-state index in [-0.39, 0.29) is 11.8 Å². The normalized spacial score (nSPS) is 11.7. The molecule has 1 atom stereocenters. The molecule has 0 radical (unpaired) electrons.